The molecule has 2 aromatic rings. The van der Waals surface area contributed by atoms with Crippen molar-refractivity contribution in [1.29, 1.82) is 0 Å². The largest absolute Gasteiger partial charge is 0.416 e. The van der Waals surface area contributed by atoms with Crippen molar-refractivity contribution in [2.24, 2.45) is 5.73 Å². The zero-order valence-electron chi connectivity index (χ0n) is 11.7. The average molecular weight is 329 g/mol. The van der Waals surface area contributed by atoms with Gasteiger partial charge in [0.25, 0.3) is 0 Å². The molecule has 0 saturated carbocycles. The van der Waals surface area contributed by atoms with E-state index in [1.807, 2.05) is 5.38 Å². The van der Waals surface area contributed by atoms with Gasteiger partial charge in [-0.2, -0.15) is 13.2 Å². The quantitative estimate of drug-likeness (QED) is 0.917. The van der Waals surface area contributed by atoms with E-state index in [0.29, 0.717) is 17.1 Å². The summed E-state index contributed by atoms with van der Waals surface area (Å²) >= 11 is 1.34. The van der Waals surface area contributed by atoms with Crippen LogP contribution in [0.4, 0.5) is 13.2 Å². The van der Waals surface area contributed by atoms with Crippen molar-refractivity contribution >= 4 is 17.2 Å². The van der Waals surface area contributed by atoms with Gasteiger partial charge >= 0.3 is 6.18 Å². The second-order valence-electron chi connectivity index (χ2n) is 4.86. The Kier molecular flexibility index (Phi) is 4.82. The van der Waals surface area contributed by atoms with Crippen LogP contribution in [0.5, 0.6) is 0 Å². The van der Waals surface area contributed by atoms with E-state index in [1.165, 1.54) is 23.5 Å². The summed E-state index contributed by atoms with van der Waals surface area (Å²) in [6.45, 7) is 0.563. The maximum absolute atomic E-state index is 12.5. The SMILES string of the molecule is CN(CC(N)=O)Cc1csc(-c2ccc(C(F)(F)F)cc2)n1. The molecule has 1 aromatic heterocycles. The Morgan fingerprint density at radius 3 is 2.50 bits per heavy atom. The molecule has 118 valence electrons. The van der Waals surface area contributed by atoms with E-state index in [1.54, 1.807) is 11.9 Å². The Labute approximate surface area is 129 Å². The summed E-state index contributed by atoms with van der Waals surface area (Å²) in [4.78, 5) is 16.9. The molecule has 0 spiro atoms. The Morgan fingerprint density at radius 1 is 1.32 bits per heavy atom. The topological polar surface area (TPSA) is 59.2 Å². The maximum atomic E-state index is 12.5. The molecular formula is C14H14F3N3OS. The van der Waals surface area contributed by atoms with Gasteiger partial charge in [0.2, 0.25) is 5.91 Å². The summed E-state index contributed by atoms with van der Waals surface area (Å²) < 4.78 is 37.6. The molecule has 0 atom stereocenters. The molecule has 0 bridgehead atoms. The third-order valence-corrected chi connectivity index (χ3v) is 3.81. The highest BCUT2D eigenvalue weighted by atomic mass is 32.1. The molecule has 1 heterocycles. The summed E-state index contributed by atoms with van der Waals surface area (Å²) in [7, 11) is 1.74. The fraction of sp³-hybridized carbons (Fsp3) is 0.286. The highest BCUT2D eigenvalue weighted by Crippen LogP contribution is 2.31. The number of amides is 1. The Hall–Kier alpha value is -1.93. The number of benzene rings is 1. The lowest BCUT2D eigenvalue weighted by molar-refractivity contribution is -0.137. The van der Waals surface area contributed by atoms with Gasteiger partial charge in [-0.25, -0.2) is 4.98 Å². The van der Waals surface area contributed by atoms with Gasteiger partial charge in [0.15, 0.2) is 0 Å². The number of aromatic nitrogens is 1. The molecule has 0 fully saturated rings. The minimum Gasteiger partial charge on any atom is -0.369 e. The lowest BCUT2D eigenvalue weighted by Crippen LogP contribution is -2.30. The Balaban J connectivity index is 2.09. The first kappa shape index (κ1) is 16.4. The highest BCUT2D eigenvalue weighted by molar-refractivity contribution is 7.13. The number of rotatable bonds is 5. The zero-order valence-corrected chi connectivity index (χ0v) is 12.5. The van der Waals surface area contributed by atoms with Crippen molar-refractivity contribution in [2.45, 2.75) is 12.7 Å². The van der Waals surface area contributed by atoms with Crippen LogP contribution in [0, 0.1) is 0 Å². The monoisotopic (exact) mass is 329 g/mol. The van der Waals surface area contributed by atoms with Crippen molar-refractivity contribution in [2.75, 3.05) is 13.6 Å². The smallest absolute Gasteiger partial charge is 0.369 e. The van der Waals surface area contributed by atoms with Crippen molar-refractivity contribution < 1.29 is 18.0 Å². The van der Waals surface area contributed by atoms with Gasteiger partial charge in [-0.05, 0) is 19.2 Å². The summed E-state index contributed by atoms with van der Waals surface area (Å²) in [6.07, 6.45) is -4.34. The minimum atomic E-state index is -4.34. The van der Waals surface area contributed by atoms with E-state index >= 15 is 0 Å². The maximum Gasteiger partial charge on any atom is 0.416 e. The van der Waals surface area contributed by atoms with E-state index in [-0.39, 0.29) is 6.54 Å². The van der Waals surface area contributed by atoms with E-state index in [9.17, 15) is 18.0 Å². The second kappa shape index (κ2) is 6.45. The average Bonchev–Trinajstić information content (AvgIpc) is 2.85. The lowest BCUT2D eigenvalue weighted by atomic mass is 10.1. The van der Waals surface area contributed by atoms with Crippen LogP contribution in [0.15, 0.2) is 29.6 Å². The fourth-order valence-electron chi connectivity index (χ4n) is 1.91. The summed E-state index contributed by atoms with van der Waals surface area (Å²) in [6, 6.07) is 4.88. The van der Waals surface area contributed by atoms with Crippen molar-refractivity contribution in [1.82, 2.24) is 9.88 Å². The van der Waals surface area contributed by atoms with E-state index in [2.05, 4.69) is 4.98 Å². The van der Waals surface area contributed by atoms with Gasteiger partial charge in [0.1, 0.15) is 5.01 Å². The van der Waals surface area contributed by atoms with Gasteiger partial charge in [0, 0.05) is 17.5 Å². The molecule has 4 nitrogen and oxygen atoms in total. The molecule has 2 N–H and O–H groups in total. The van der Waals surface area contributed by atoms with Crippen LogP contribution in [0.25, 0.3) is 10.6 Å². The number of nitrogens with two attached hydrogens (primary N) is 1. The Morgan fingerprint density at radius 2 is 1.95 bits per heavy atom. The molecule has 0 saturated heterocycles. The summed E-state index contributed by atoms with van der Waals surface area (Å²) in [5, 5.41) is 2.45. The number of thiazole rings is 1. The Bertz CT molecular complexity index is 652. The predicted octanol–water partition coefficient (Wildman–Crippen LogP) is 2.75. The molecule has 0 radical (unpaired) electrons. The van der Waals surface area contributed by atoms with Crippen LogP contribution in [0.3, 0.4) is 0 Å². The minimum absolute atomic E-state index is 0.118. The third kappa shape index (κ3) is 4.28. The number of primary amides is 1. The highest BCUT2D eigenvalue weighted by Gasteiger charge is 2.30. The molecule has 2 rings (SSSR count). The number of hydrogen-bond donors (Lipinski definition) is 1. The number of hydrogen-bond acceptors (Lipinski definition) is 4. The zero-order chi connectivity index (χ0) is 16.3. The summed E-state index contributed by atoms with van der Waals surface area (Å²) in [5.74, 6) is -0.430. The van der Waals surface area contributed by atoms with Crippen molar-refractivity contribution in [3.8, 4) is 10.6 Å². The molecule has 0 aliphatic rings. The first-order chi connectivity index (χ1) is 10.3. The van der Waals surface area contributed by atoms with Crippen LogP contribution >= 0.6 is 11.3 Å². The number of halogens is 3. The number of likely N-dealkylation sites (N-methyl/N-ethyl adjacent to an activating group) is 1. The van der Waals surface area contributed by atoms with Crippen LogP contribution in [-0.4, -0.2) is 29.4 Å². The second-order valence-corrected chi connectivity index (χ2v) is 5.72. The number of nitrogens with zero attached hydrogens (tertiary/aromatic N) is 2. The lowest BCUT2D eigenvalue weighted by Gasteiger charge is -2.12. The number of alkyl halides is 3. The molecular weight excluding hydrogens is 315 g/mol. The molecule has 0 aliphatic heterocycles. The van der Waals surface area contributed by atoms with Crippen molar-refractivity contribution in [3.05, 3.63) is 40.9 Å². The first-order valence-electron chi connectivity index (χ1n) is 6.34. The number of carbonyl (C=O) groups is 1. The van der Waals surface area contributed by atoms with Crippen LogP contribution in [0.2, 0.25) is 0 Å². The number of carbonyl (C=O) groups excluding carboxylic acids is 1. The van der Waals surface area contributed by atoms with Gasteiger partial charge in [0.05, 0.1) is 17.8 Å². The molecule has 0 aliphatic carbocycles. The molecule has 22 heavy (non-hydrogen) atoms. The van der Waals surface area contributed by atoms with Crippen LogP contribution in [0.1, 0.15) is 11.3 Å². The third-order valence-electron chi connectivity index (χ3n) is 2.87. The van der Waals surface area contributed by atoms with E-state index in [0.717, 1.165) is 17.8 Å². The normalized spacial score (nSPS) is 11.9. The first-order valence-corrected chi connectivity index (χ1v) is 7.22. The van der Waals surface area contributed by atoms with E-state index < -0.39 is 17.6 Å². The molecule has 0 unspecified atom stereocenters. The van der Waals surface area contributed by atoms with E-state index in [4.69, 9.17) is 5.73 Å². The van der Waals surface area contributed by atoms with Crippen molar-refractivity contribution in [3.63, 3.8) is 0 Å². The summed E-state index contributed by atoms with van der Waals surface area (Å²) in [5.41, 5.74) is 5.78. The van der Waals surface area contributed by atoms with Crippen LogP contribution < -0.4 is 5.73 Å². The van der Waals surface area contributed by atoms with Gasteiger partial charge in [-0.1, -0.05) is 12.1 Å². The standard InChI is InChI=1S/C14H14F3N3OS/c1-20(7-12(18)21)6-11-8-22-13(19-11)9-2-4-10(5-3-9)14(15,16)17/h2-5,8H,6-7H2,1H3,(H2,18,21). The predicted molar refractivity (Wildman–Crippen MR) is 78.1 cm³/mol. The van der Waals surface area contributed by atoms with Crippen LogP contribution in [-0.2, 0) is 17.5 Å². The molecule has 1 amide bonds. The molecule has 1 aromatic carbocycles. The fourth-order valence-corrected chi connectivity index (χ4v) is 2.73. The molecule has 8 heteroatoms. The van der Waals surface area contributed by atoms with Gasteiger partial charge in [-0.3, -0.25) is 9.69 Å². The van der Waals surface area contributed by atoms with Gasteiger partial charge < -0.3 is 5.73 Å². The van der Waals surface area contributed by atoms with Gasteiger partial charge in [-0.15, -0.1) is 11.3 Å².